The van der Waals surface area contributed by atoms with Crippen molar-refractivity contribution in [2.24, 2.45) is 0 Å². The molecular formula is C17H25ClN2O. The standard InChI is InChI=1S/C17H24N2O.ClH/c1-2-5-14-12-18-10-11-19(14)17(20)16-9-4-7-13-6-3-8-15(13)16;/h4,7,9,14,18H,2-3,5-6,8,10-12H2,1H3;1H. The minimum Gasteiger partial charge on any atom is -0.333 e. The first-order valence-electron chi connectivity index (χ1n) is 7.93. The van der Waals surface area contributed by atoms with Crippen molar-refractivity contribution in [3.63, 3.8) is 0 Å². The number of rotatable bonds is 3. The number of piperazine rings is 1. The topological polar surface area (TPSA) is 32.3 Å². The van der Waals surface area contributed by atoms with E-state index in [-0.39, 0.29) is 18.3 Å². The minimum atomic E-state index is 0. The number of carbonyl (C=O) groups excluding carboxylic acids is 1. The second-order valence-corrected chi connectivity index (χ2v) is 5.94. The van der Waals surface area contributed by atoms with Crippen LogP contribution in [0.15, 0.2) is 18.2 Å². The zero-order chi connectivity index (χ0) is 13.9. The summed E-state index contributed by atoms with van der Waals surface area (Å²) < 4.78 is 0. The van der Waals surface area contributed by atoms with E-state index in [1.54, 1.807) is 0 Å². The summed E-state index contributed by atoms with van der Waals surface area (Å²) in [6.45, 7) is 4.89. The Morgan fingerprint density at radius 3 is 3.05 bits per heavy atom. The van der Waals surface area contributed by atoms with Crippen LogP contribution in [0.2, 0.25) is 0 Å². The molecule has 3 rings (SSSR count). The Morgan fingerprint density at radius 2 is 2.24 bits per heavy atom. The van der Waals surface area contributed by atoms with Gasteiger partial charge in [0.15, 0.2) is 0 Å². The van der Waals surface area contributed by atoms with Gasteiger partial charge < -0.3 is 10.2 Å². The molecule has 21 heavy (non-hydrogen) atoms. The van der Waals surface area contributed by atoms with Gasteiger partial charge >= 0.3 is 0 Å². The van der Waals surface area contributed by atoms with Crippen molar-refractivity contribution in [1.29, 1.82) is 0 Å². The number of amides is 1. The second kappa shape index (κ2) is 7.28. The number of carbonyl (C=O) groups is 1. The first-order valence-corrected chi connectivity index (χ1v) is 7.93. The van der Waals surface area contributed by atoms with Gasteiger partial charge in [-0.2, -0.15) is 0 Å². The molecule has 1 aliphatic carbocycles. The van der Waals surface area contributed by atoms with Gasteiger partial charge in [0.1, 0.15) is 0 Å². The van der Waals surface area contributed by atoms with E-state index in [0.717, 1.165) is 50.9 Å². The SMILES string of the molecule is CCCC1CNCCN1C(=O)c1cccc2c1CCC2.Cl. The molecule has 116 valence electrons. The number of aryl methyl sites for hydroxylation is 1. The van der Waals surface area contributed by atoms with Gasteiger partial charge in [-0.3, -0.25) is 4.79 Å². The molecular weight excluding hydrogens is 284 g/mol. The highest BCUT2D eigenvalue weighted by Gasteiger charge is 2.29. The van der Waals surface area contributed by atoms with Crippen molar-refractivity contribution in [2.45, 2.75) is 45.1 Å². The van der Waals surface area contributed by atoms with Gasteiger partial charge in [0.25, 0.3) is 5.91 Å². The zero-order valence-electron chi connectivity index (χ0n) is 12.7. The quantitative estimate of drug-likeness (QED) is 0.931. The Hall–Kier alpha value is -1.06. The summed E-state index contributed by atoms with van der Waals surface area (Å²) in [6, 6.07) is 6.62. The van der Waals surface area contributed by atoms with Crippen molar-refractivity contribution in [2.75, 3.05) is 19.6 Å². The summed E-state index contributed by atoms with van der Waals surface area (Å²) in [5.41, 5.74) is 3.66. The highest BCUT2D eigenvalue weighted by Crippen LogP contribution is 2.27. The lowest BCUT2D eigenvalue weighted by Crippen LogP contribution is -2.53. The lowest BCUT2D eigenvalue weighted by molar-refractivity contribution is 0.0623. The molecule has 1 amide bonds. The van der Waals surface area contributed by atoms with E-state index >= 15 is 0 Å². The molecule has 3 nitrogen and oxygen atoms in total. The van der Waals surface area contributed by atoms with Gasteiger partial charge in [0.05, 0.1) is 0 Å². The molecule has 1 aromatic rings. The van der Waals surface area contributed by atoms with Crippen LogP contribution >= 0.6 is 12.4 Å². The summed E-state index contributed by atoms with van der Waals surface area (Å²) in [5, 5.41) is 3.41. The van der Waals surface area contributed by atoms with Crippen LogP contribution in [0.4, 0.5) is 0 Å². The van der Waals surface area contributed by atoms with Gasteiger partial charge in [0, 0.05) is 31.2 Å². The van der Waals surface area contributed by atoms with Crippen molar-refractivity contribution in [1.82, 2.24) is 10.2 Å². The van der Waals surface area contributed by atoms with Crippen LogP contribution in [0.3, 0.4) is 0 Å². The Bertz CT molecular complexity index is 502. The molecule has 1 aliphatic heterocycles. The number of benzene rings is 1. The van der Waals surface area contributed by atoms with Crippen LogP contribution in [0, 0.1) is 0 Å². The Balaban J connectivity index is 0.00000161. The average Bonchev–Trinajstić information content (AvgIpc) is 2.96. The van der Waals surface area contributed by atoms with Gasteiger partial charge in [-0.15, -0.1) is 12.4 Å². The Labute approximate surface area is 133 Å². The van der Waals surface area contributed by atoms with Crippen LogP contribution in [0.25, 0.3) is 0 Å². The third kappa shape index (κ3) is 3.24. The van der Waals surface area contributed by atoms with E-state index in [0.29, 0.717) is 6.04 Å². The highest BCUT2D eigenvalue weighted by atomic mass is 35.5. The molecule has 2 aliphatic rings. The summed E-state index contributed by atoms with van der Waals surface area (Å²) in [6.07, 6.45) is 5.62. The summed E-state index contributed by atoms with van der Waals surface area (Å²) in [4.78, 5) is 15.0. The molecule has 0 spiro atoms. The van der Waals surface area contributed by atoms with Crippen LogP contribution in [-0.2, 0) is 12.8 Å². The van der Waals surface area contributed by atoms with Gasteiger partial charge in [-0.25, -0.2) is 0 Å². The number of nitrogens with zero attached hydrogens (tertiary/aromatic N) is 1. The third-order valence-corrected chi connectivity index (χ3v) is 4.61. The van der Waals surface area contributed by atoms with Crippen LogP contribution in [0.1, 0.15) is 47.7 Å². The number of hydrogen-bond donors (Lipinski definition) is 1. The molecule has 0 saturated carbocycles. The van der Waals surface area contributed by atoms with Crippen LogP contribution < -0.4 is 5.32 Å². The first kappa shape index (κ1) is 16.3. The highest BCUT2D eigenvalue weighted by molar-refractivity contribution is 5.96. The molecule has 1 atom stereocenters. The fourth-order valence-electron chi connectivity index (χ4n) is 3.59. The molecule has 0 radical (unpaired) electrons. The van der Waals surface area contributed by atoms with E-state index in [2.05, 4.69) is 29.3 Å². The van der Waals surface area contributed by atoms with Crippen LogP contribution in [0.5, 0.6) is 0 Å². The molecule has 0 bridgehead atoms. The number of fused-ring (bicyclic) bond motifs is 1. The number of hydrogen-bond acceptors (Lipinski definition) is 2. The van der Waals surface area contributed by atoms with E-state index in [4.69, 9.17) is 0 Å². The van der Waals surface area contributed by atoms with Crippen molar-refractivity contribution in [3.8, 4) is 0 Å². The molecule has 1 heterocycles. The van der Waals surface area contributed by atoms with E-state index in [9.17, 15) is 4.79 Å². The maximum atomic E-state index is 12.9. The summed E-state index contributed by atoms with van der Waals surface area (Å²) >= 11 is 0. The van der Waals surface area contributed by atoms with Crippen molar-refractivity contribution in [3.05, 3.63) is 34.9 Å². The molecule has 1 aromatic carbocycles. The Kier molecular flexibility index (Phi) is 5.65. The number of halogens is 1. The Morgan fingerprint density at radius 1 is 1.38 bits per heavy atom. The first-order chi connectivity index (χ1) is 9.81. The van der Waals surface area contributed by atoms with Gasteiger partial charge in [-0.1, -0.05) is 25.5 Å². The lowest BCUT2D eigenvalue weighted by Gasteiger charge is -2.36. The largest absolute Gasteiger partial charge is 0.333 e. The van der Waals surface area contributed by atoms with Gasteiger partial charge in [0.2, 0.25) is 0 Å². The third-order valence-electron chi connectivity index (χ3n) is 4.61. The zero-order valence-corrected chi connectivity index (χ0v) is 13.5. The predicted octanol–water partition coefficient (Wildman–Crippen LogP) is 2.81. The van der Waals surface area contributed by atoms with E-state index < -0.39 is 0 Å². The second-order valence-electron chi connectivity index (χ2n) is 5.94. The minimum absolute atomic E-state index is 0. The summed E-state index contributed by atoms with van der Waals surface area (Å²) in [7, 11) is 0. The van der Waals surface area contributed by atoms with E-state index in [1.807, 2.05) is 6.07 Å². The number of nitrogens with one attached hydrogen (secondary N) is 1. The fraction of sp³-hybridized carbons (Fsp3) is 0.588. The molecule has 1 N–H and O–H groups in total. The molecule has 4 heteroatoms. The average molecular weight is 309 g/mol. The van der Waals surface area contributed by atoms with Gasteiger partial charge in [-0.05, 0) is 42.9 Å². The molecule has 1 fully saturated rings. The van der Waals surface area contributed by atoms with Crippen molar-refractivity contribution >= 4 is 18.3 Å². The maximum Gasteiger partial charge on any atom is 0.254 e. The lowest BCUT2D eigenvalue weighted by atomic mass is 10.00. The summed E-state index contributed by atoms with van der Waals surface area (Å²) in [5.74, 6) is 0.253. The normalized spacial score (nSPS) is 20.8. The van der Waals surface area contributed by atoms with Crippen LogP contribution in [-0.4, -0.2) is 36.5 Å². The monoisotopic (exact) mass is 308 g/mol. The van der Waals surface area contributed by atoms with E-state index in [1.165, 1.54) is 17.5 Å². The fourth-order valence-corrected chi connectivity index (χ4v) is 3.59. The maximum absolute atomic E-state index is 12.9. The predicted molar refractivity (Wildman–Crippen MR) is 88.3 cm³/mol. The molecule has 1 saturated heterocycles. The molecule has 0 aromatic heterocycles. The van der Waals surface area contributed by atoms with Crippen molar-refractivity contribution < 1.29 is 4.79 Å². The molecule has 1 unspecified atom stereocenters. The smallest absolute Gasteiger partial charge is 0.254 e.